The molecule has 2 aliphatic rings. The lowest BCUT2D eigenvalue weighted by Crippen LogP contribution is -1.82. The van der Waals surface area contributed by atoms with E-state index in [9.17, 15) is 0 Å². The van der Waals surface area contributed by atoms with Gasteiger partial charge in [0.1, 0.15) is 0 Å². The molecule has 1 heteroatoms. The van der Waals surface area contributed by atoms with Gasteiger partial charge in [-0.15, -0.1) is 0 Å². The molecule has 0 bridgehead atoms. The molecule has 0 heterocycles. The molecule has 2 rings (SSSR count). The summed E-state index contributed by atoms with van der Waals surface area (Å²) in [6.07, 6.45) is 11.8. The standard InChI is InChI=1S/C10H9S/c11-7-6-9-5-4-8-2-1-3-10(8)9/h1-5H,6-7H2. The molecule has 0 saturated carbocycles. The van der Waals surface area contributed by atoms with Gasteiger partial charge in [-0.3, -0.25) is 0 Å². The fraction of sp³-hybridized carbons (Fsp3) is 0.200. The highest BCUT2D eigenvalue weighted by molar-refractivity contribution is 7.80. The third-order valence-electron chi connectivity index (χ3n) is 2.03. The Balaban J connectivity index is 2.32. The zero-order chi connectivity index (χ0) is 7.68. The smallest absolute Gasteiger partial charge is 0.00776 e. The van der Waals surface area contributed by atoms with Crippen molar-refractivity contribution in [3.05, 3.63) is 47.1 Å². The maximum atomic E-state index is 4.94. The quantitative estimate of drug-likeness (QED) is 0.584. The van der Waals surface area contributed by atoms with Crippen molar-refractivity contribution in [1.29, 1.82) is 0 Å². The van der Waals surface area contributed by atoms with Gasteiger partial charge >= 0.3 is 0 Å². The van der Waals surface area contributed by atoms with Crippen molar-refractivity contribution >= 4 is 12.6 Å². The summed E-state index contributed by atoms with van der Waals surface area (Å²) in [4.78, 5) is 0. The number of rotatable bonds is 2. The topological polar surface area (TPSA) is 0 Å². The first-order chi connectivity index (χ1) is 5.42. The van der Waals surface area contributed by atoms with Gasteiger partial charge in [-0.25, -0.2) is 0 Å². The molecule has 0 amide bonds. The lowest BCUT2D eigenvalue weighted by atomic mass is 10.1. The van der Waals surface area contributed by atoms with Crippen molar-refractivity contribution < 1.29 is 0 Å². The molecule has 0 aromatic heterocycles. The number of fused-ring (bicyclic) bond motifs is 1. The van der Waals surface area contributed by atoms with Crippen LogP contribution in [0.15, 0.2) is 47.1 Å². The van der Waals surface area contributed by atoms with Gasteiger partial charge in [-0.05, 0) is 23.1 Å². The minimum Gasteiger partial charge on any atom is -0.0938 e. The Morgan fingerprint density at radius 3 is 2.91 bits per heavy atom. The van der Waals surface area contributed by atoms with E-state index in [1.54, 1.807) is 0 Å². The summed E-state index contributed by atoms with van der Waals surface area (Å²) in [5.74, 6) is 0.824. The summed E-state index contributed by atoms with van der Waals surface area (Å²) in [5.41, 5.74) is 4.14. The third kappa shape index (κ3) is 1.10. The average molecular weight is 161 g/mol. The fourth-order valence-electron chi connectivity index (χ4n) is 1.48. The van der Waals surface area contributed by atoms with Gasteiger partial charge in [0.05, 0.1) is 0 Å². The predicted octanol–water partition coefficient (Wildman–Crippen LogP) is 2.94. The Morgan fingerprint density at radius 2 is 2.09 bits per heavy atom. The maximum Gasteiger partial charge on any atom is 0.00776 e. The van der Waals surface area contributed by atoms with E-state index < -0.39 is 0 Å². The van der Waals surface area contributed by atoms with E-state index in [1.807, 2.05) is 0 Å². The highest BCUT2D eigenvalue weighted by atomic mass is 32.1. The van der Waals surface area contributed by atoms with Crippen LogP contribution in [-0.4, -0.2) is 5.75 Å². The molecule has 1 radical (unpaired) electrons. The van der Waals surface area contributed by atoms with Gasteiger partial charge in [-0.1, -0.05) is 43.0 Å². The van der Waals surface area contributed by atoms with Crippen molar-refractivity contribution in [3.8, 4) is 0 Å². The second kappa shape index (κ2) is 2.74. The summed E-state index contributed by atoms with van der Waals surface area (Å²) < 4.78 is 0. The van der Waals surface area contributed by atoms with Crippen molar-refractivity contribution in [2.75, 3.05) is 5.75 Å². The van der Waals surface area contributed by atoms with Gasteiger partial charge in [0.15, 0.2) is 0 Å². The van der Waals surface area contributed by atoms with Crippen LogP contribution in [0, 0.1) is 0 Å². The number of hydrogen-bond donors (Lipinski definition) is 0. The van der Waals surface area contributed by atoms with E-state index in [2.05, 4.69) is 30.4 Å². The largest absolute Gasteiger partial charge is 0.0938 e. The van der Waals surface area contributed by atoms with Gasteiger partial charge in [0.2, 0.25) is 0 Å². The van der Waals surface area contributed by atoms with Gasteiger partial charge in [0, 0.05) is 5.75 Å². The van der Waals surface area contributed by atoms with E-state index in [0.29, 0.717) is 0 Å². The van der Waals surface area contributed by atoms with Gasteiger partial charge in [0.25, 0.3) is 0 Å². The molecule has 0 aromatic rings. The van der Waals surface area contributed by atoms with Crippen LogP contribution < -0.4 is 0 Å². The van der Waals surface area contributed by atoms with E-state index in [1.165, 1.54) is 16.7 Å². The molecule has 2 aliphatic carbocycles. The minimum absolute atomic E-state index is 0.824. The van der Waals surface area contributed by atoms with E-state index in [4.69, 9.17) is 12.6 Å². The molecule has 0 aliphatic heterocycles. The number of allylic oxidation sites excluding steroid dienone is 8. The monoisotopic (exact) mass is 161 g/mol. The summed E-state index contributed by atoms with van der Waals surface area (Å²) >= 11 is 4.94. The van der Waals surface area contributed by atoms with E-state index in [-0.39, 0.29) is 0 Å². The maximum absolute atomic E-state index is 4.94. The molecular weight excluding hydrogens is 152 g/mol. The first kappa shape index (κ1) is 6.99. The van der Waals surface area contributed by atoms with Crippen molar-refractivity contribution in [2.24, 2.45) is 0 Å². The molecule has 0 fully saturated rings. The molecule has 0 nitrogen and oxygen atoms in total. The number of hydrogen-bond acceptors (Lipinski definition) is 0. The highest BCUT2D eigenvalue weighted by Crippen LogP contribution is 2.31. The molecule has 0 saturated heterocycles. The van der Waals surface area contributed by atoms with Crippen LogP contribution in [0.1, 0.15) is 6.42 Å². The molecule has 55 valence electrons. The van der Waals surface area contributed by atoms with E-state index in [0.717, 1.165) is 12.2 Å². The van der Waals surface area contributed by atoms with Crippen LogP contribution in [0.4, 0.5) is 0 Å². The molecular formula is C10H9S. The zero-order valence-corrected chi connectivity index (χ0v) is 7.03. The van der Waals surface area contributed by atoms with Crippen LogP contribution in [0.5, 0.6) is 0 Å². The van der Waals surface area contributed by atoms with Crippen LogP contribution in [0.3, 0.4) is 0 Å². The van der Waals surface area contributed by atoms with Crippen LogP contribution in [0.25, 0.3) is 0 Å². The first-order valence-electron chi connectivity index (χ1n) is 3.80. The van der Waals surface area contributed by atoms with Crippen LogP contribution in [0.2, 0.25) is 0 Å². The Kier molecular flexibility index (Phi) is 1.74. The Morgan fingerprint density at radius 1 is 1.18 bits per heavy atom. The van der Waals surface area contributed by atoms with Gasteiger partial charge < -0.3 is 0 Å². The SMILES string of the molecule is [S]CCC1=C2C=CC=C2C=C1. The lowest BCUT2D eigenvalue weighted by molar-refractivity contribution is 1.17. The zero-order valence-electron chi connectivity index (χ0n) is 6.21. The molecule has 0 atom stereocenters. The van der Waals surface area contributed by atoms with E-state index >= 15 is 0 Å². The predicted molar refractivity (Wildman–Crippen MR) is 50.5 cm³/mol. The highest BCUT2D eigenvalue weighted by Gasteiger charge is 2.12. The molecule has 0 spiro atoms. The second-order valence-electron chi connectivity index (χ2n) is 2.71. The second-order valence-corrected chi connectivity index (χ2v) is 3.12. The molecule has 0 N–H and O–H groups in total. The van der Waals surface area contributed by atoms with Crippen LogP contribution >= 0.6 is 12.6 Å². The Labute approximate surface area is 72.4 Å². The fourth-order valence-corrected chi connectivity index (χ4v) is 1.70. The van der Waals surface area contributed by atoms with Crippen molar-refractivity contribution in [3.63, 3.8) is 0 Å². The summed E-state index contributed by atoms with van der Waals surface area (Å²) in [5, 5.41) is 0. The summed E-state index contributed by atoms with van der Waals surface area (Å²) in [7, 11) is 0. The summed E-state index contributed by atoms with van der Waals surface area (Å²) in [6.45, 7) is 0. The van der Waals surface area contributed by atoms with Gasteiger partial charge in [-0.2, -0.15) is 0 Å². The average Bonchev–Trinajstić information content (AvgIpc) is 2.53. The first-order valence-corrected chi connectivity index (χ1v) is 4.37. The van der Waals surface area contributed by atoms with Crippen molar-refractivity contribution in [1.82, 2.24) is 0 Å². The Bertz CT molecular complexity index is 290. The summed E-state index contributed by atoms with van der Waals surface area (Å²) in [6, 6.07) is 0. The lowest BCUT2D eigenvalue weighted by Gasteiger charge is -1.97. The molecule has 11 heavy (non-hydrogen) atoms. The third-order valence-corrected chi connectivity index (χ3v) is 2.24. The molecule has 0 unspecified atom stereocenters. The van der Waals surface area contributed by atoms with Crippen LogP contribution in [-0.2, 0) is 0 Å². The molecule has 0 aromatic carbocycles. The van der Waals surface area contributed by atoms with Crippen molar-refractivity contribution in [2.45, 2.75) is 6.42 Å². The Hall–Kier alpha value is -0.690. The minimum atomic E-state index is 0.824. The normalized spacial score (nSPS) is 19.5.